The van der Waals surface area contributed by atoms with Gasteiger partial charge in [-0.2, -0.15) is 0 Å². The summed E-state index contributed by atoms with van der Waals surface area (Å²) in [6.07, 6.45) is 7.65. The van der Waals surface area contributed by atoms with Gasteiger partial charge in [-0.25, -0.2) is 0 Å². The second-order valence-corrected chi connectivity index (χ2v) is 1.77. The molecule has 0 aliphatic carbocycles. The summed E-state index contributed by atoms with van der Waals surface area (Å²) in [5, 5.41) is 0. The monoisotopic (exact) mass is 125 g/mol. The van der Waals surface area contributed by atoms with E-state index in [0.717, 1.165) is 32.5 Å². The topological polar surface area (TPSA) is 9.23 Å². The Morgan fingerprint density at radius 1 is 1.44 bits per heavy atom. The third-order valence-electron chi connectivity index (χ3n) is 0.898. The highest BCUT2D eigenvalue weighted by molar-refractivity contribution is 4.82. The average Bonchev–Trinajstić information content (AvgIpc) is 1.89. The summed E-state index contributed by atoms with van der Waals surface area (Å²) in [5.74, 6) is 2.55. The van der Waals surface area contributed by atoms with Crippen LogP contribution in [0.5, 0.6) is 0 Å². The van der Waals surface area contributed by atoms with Crippen molar-refractivity contribution in [3.63, 3.8) is 0 Å². The van der Waals surface area contributed by atoms with E-state index in [1.165, 1.54) is 0 Å². The van der Waals surface area contributed by atoms with E-state index in [2.05, 4.69) is 12.8 Å². The van der Waals surface area contributed by atoms with Gasteiger partial charge in [-0.15, -0.1) is 12.3 Å². The van der Waals surface area contributed by atoms with Crippen molar-refractivity contribution in [3.05, 3.63) is 6.92 Å². The summed E-state index contributed by atoms with van der Waals surface area (Å²) in [4.78, 5) is 0. The SMILES string of the molecule is C#CCCCOCC[CH2]. The molecular formula is C8H13O. The van der Waals surface area contributed by atoms with Gasteiger partial charge in [-0.05, 0) is 12.8 Å². The normalized spacial score (nSPS) is 8.89. The molecule has 1 radical (unpaired) electrons. The van der Waals surface area contributed by atoms with E-state index >= 15 is 0 Å². The zero-order valence-electron chi connectivity index (χ0n) is 5.73. The van der Waals surface area contributed by atoms with Crippen LogP contribution in [0, 0.1) is 19.3 Å². The lowest BCUT2D eigenvalue weighted by Crippen LogP contribution is -1.94. The molecule has 0 aliphatic heterocycles. The van der Waals surface area contributed by atoms with Crippen molar-refractivity contribution in [3.8, 4) is 12.3 Å². The fourth-order valence-corrected chi connectivity index (χ4v) is 0.480. The van der Waals surface area contributed by atoms with Gasteiger partial charge in [-0.1, -0.05) is 6.92 Å². The van der Waals surface area contributed by atoms with E-state index in [1.807, 2.05) is 0 Å². The molecule has 0 aromatic carbocycles. The Hall–Kier alpha value is -0.480. The Kier molecular flexibility index (Phi) is 7.12. The Labute approximate surface area is 57.4 Å². The maximum Gasteiger partial charge on any atom is 0.0475 e. The lowest BCUT2D eigenvalue weighted by molar-refractivity contribution is 0.137. The van der Waals surface area contributed by atoms with Crippen molar-refractivity contribution >= 4 is 0 Å². The predicted octanol–water partition coefficient (Wildman–Crippen LogP) is 1.64. The quantitative estimate of drug-likeness (QED) is 0.401. The summed E-state index contributed by atoms with van der Waals surface area (Å²) in [6, 6.07) is 0. The highest BCUT2D eigenvalue weighted by Crippen LogP contribution is 1.88. The van der Waals surface area contributed by atoms with Gasteiger partial charge in [0.1, 0.15) is 0 Å². The van der Waals surface area contributed by atoms with Crippen molar-refractivity contribution in [2.45, 2.75) is 19.3 Å². The molecule has 0 saturated heterocycles. The van der Waals surface area contributed by atoms with E-state index in [9.17, 15) is 0 Å². The largest absolute Gasteiger partial charge is 0.381 e. The fourth-order valence-electron chi connectivity index (χ4n) is 0.480. The Morgan fingerprint density at radius 3 is 2.78 bits per heavy atom. The molecule has 0 fully saturated rings. The van der Waals surface area contributed by atoms with E-state index in [4.69, 9.17) is 11.2 Å². The number of hydrogen-bond donors (Lipinski definition) is 0. The Balaban J connectivity index is 2.69. The first kappa shape index (κ1) is 8.52. The van der Waals surface area contributed by atoms with Crippen LogP contribution in [-0.2, 0) is 4.74 Å². The Morgan fingerprint density at radius 2 is 2.22 bits per heavy atom. The number of ether oxygens (including phenoxy) is 1. The molecule has 0 unspecified atom stereocenters. The molecule has 0 aromatic rings. The minimum Gasteiger partial charge on any atom is -0.381 e. The van der Waals surface area contributed by atoms with Crippen LogP contribution in [-0.4, -0.2) is 13.2 Å². The van der Waals surface area contributed by atoms with Crippen LogP contribution >= 0.6 is 0 Å². The van der Waals surface area contributed by atoms with Crippen LogP contribution in [0.2, 0.25) is 0 Å². The van der Waals surface area contributed by atoms with Crippen LogP contribution in [0.25, 0.3) is 0 Å². The molecule has 0 aromatic heterocycles. The van der Waals surface area contributed by atoms with Crippen LogP contribution < -0.4 is 0 Å². The molecule has 0 N–H and O–H groups in total. The molecule has 1 heteroatoms. The number of terminal acetylenes is 1. The van der Waals surface area contributed by atoms with Crippen LogP contribution in [0.4, 0.5) is 0 Å². The van der Waals surface area contributed by atoms with Crippen molar-refractivity contribution in [2.24, 2.45) is 0 Å². The van der Waals surface area contributed by atoms with E-state index in [-0.39, 0.29) is 0 Å². The molecule has 0 spiro atoms. The maximum atomic E-state index is 5.13. The molecule has 0 aliphatic rings. The van der Waals surface area contributed by atoms with Gasteiger partial charge in [0.05, 0.1) is 0 Å². The molecule has 0 amide bonds. The molecule has 0 heterocycles. The predicted molar refractivity (Wildman–Crippen MR) is 38.9 cm³/mol. The van der Waals surface area contributed by atoms with Gasteiger partial charge >= 0.3 is 0 Å². The average molecular weight is 125 g/mol. The smallest absolute Gasteiger partial charge is 0.0475 e. The lowest BCUT2D eigenvalue weighted by atomic mass is 10.3. The molecular weight excluding hydrogens is 112 g/mol. The third kappa shape index (κ3) is 7.52. The lowest BCUT2D eigenvalue weighted by Gasteiger charge is -1.97. The third-order valence-corrected chi connectivity index (χ3v) is 0.898. The molecule has 0 bridgehead atoms. The van der Waals surface area contributed by atoms with Crippen molar-refractivity contribution in [1.82, 2.24) is 0 Å². The first-order valence-corrected chi connectivity index (χ1v) is 3.22. The fraction of sp³-hybridized carbons (Fsp3) is 0.625. The molecule has 51 valence electrons. The van der Waals surface area contributed by atoms with Crippen molar-refractivity contribution in [2.75, 3.05) is 13.2 Å². The molecule has 1 nitrogen and oxygen atoms in total. The van der Waals surface area contributed by atoms with Crippen LogP contribution in [0.15, 0.2) is 0 Å². The highest BCUT2D eigenvalue weighted by Gasteiger charge is 1.83. The molecule has 9 heavy (non-hydrogen) atoms. The van der Waals surface area contributed by atoms with E-state index in [1.54, 1.807) is 0 Å². The van der Waals surface area contributed by atoms with Crippen LogP contribution in [0.1, 0.15) is 19.3 Å². The van der Waals surface area contributed by atoms with Crippen molar-refractivity contribution in [1.29, 1.82) is 0 Å². The maximum absolute atomic E-state index is 5.13. The van der Waals surface area contributed by atoms with Gasteiger partial charge in [0.15, 0.2) is 0 Å². The van der Waals surface area contributed by atoms with Crippen molar-refractivity contribution < 1.29 is 4.74 Å². The minimum absolute atomic E-state index is 0.755. The number of rotatable bonds is 5. The summed E-state index contributed by atoms with van der Waals surface area (Å²) >= 11 is 0. The minimum atomic E-state index is 0.755. The molecule has 0 saturated carbocycles. The second kappa shape index (κ2) is 7.52. The van der Waals surface area contributed by atoms with E-state index in [0.29, 0.717) is 0 Å². The summed E-state index contributed by atoms with van der Waals surface area (Å²) < 4.78 is 5.13. The van der Waals surface area contributed by atoms with Gasteiger partial charge < -0.3 is 4.74 Å². The summed E-state index contributed by atoms with van der Waals surface area (Å²) in [5.41, 5.74) is 0. The zero-order chi connectivity index (χ0) is 6.95. The second-order valence-electron chi connectivity index (χ2n) is 1.77. The standard InChI is InChI=1S/C8H13O/c1-3-5-6-8-9-7-4-2/h1H,2,4-8H2. The number of hydrogen-bond acceptors (Lipinski definition) is 1. The van der Waals surface area contributed by atoms with Gasteiger partial charge in [0.25, 0.3) is 0 Å². The molecule has 0 rings (SSSR count). The molecule has 0 atom stereocenters. The zero-order valence-corrected chi connectivity index (χ0v) is 5.73. The van der Waals surface area contributed by atoms with Gasteiger partial charge in [-0.3, -0.25) is 0 Å². The highest BCUT2D eigenvalue weighted by atomic mass is 16.5. The summed E-state index contributed by atoms with van der Waals surface area (Å²) in [7, 11) is 0. The van der Waals surface area contributed by atoms with E-state index < -0.39 is 0 Å². The summed E-state index contributed by atoms with van der Waals surface area (Å²) in [6.45, 7) is 5.17. The Bertz CT molecular complexity index is 81.1. The number of unbranched alkanes of at least 4 members (excludes halogenated alkanes) is 1. The first-order valence-electron chi connectivity index (χ1n) is 3.22. The van der Waals surface area contributed by atoms with Gasteiger partial charge in [0.2, 0.25) is 0 Å². The van der Waals surface area contributed by atoms with Gasteiger partial charge in [0, 0.05) is 19.6 Å². The van der Waals surface area contributed by atoms with Crippen LogP contribution in [0.3, 0.4) is 0 Å². The first-order chi connectivity index (χ1) is 4.41.